The van der Waals surface area contributed by atoms with E-state index in [9.17, 15) is 14.4 Å². The van der Waals surface area contributed by atoms with Gasteiger partial charge in [0.05, 0.1) is 13.4 Å². The number of furan rings is 1. The minimum atomic E-state index is -0.696. The van der Waals surface area contributed by atoms with Crippen molar-refractivity contribution in [1.82, 2.24) is 15.1 Å². The second-order valence-corrected chi connectivity index (χ2v) is 7.45. The summed E-state index contributed by atoms with van der Waals surface area (Å²) in [6.45, 7) is 3.45. The summed E-state index contributed by atoms with van der Waals surface area (Å²) >= 11 is 6.09. The summed E-state index contributed by atoms with van der Waals surface area (Å²) < 4.78 is 10.0. The van der Waals surface area contributed by atoms with Crippen LogP contribution in [0.5, 0.6) is 0 Å². The van der Waals surface area contributed by atoms with Crippen molar-refractivity contribution in [2.45, 2.75) is 19.0 Å². The van der Waals surface area contributed by atoms with E-state index in [1.807, 2.05) is 11.0 Å². The summed E-state index contributed by atoms with van der Waals surface area (Å²) in [7, 11) is 1.35. The summed E-state index contributed by atoms with van der Waals surface area (Å²) in [5.74, 6) is -0.851. The second kappa shape index (κ2) is 9.77. The Balaban J connectivity index is 1.61. The van der Waals surface area contributed by atoms with E-state index in [0.29, 0.717) is 31.2 Å². The maximum atomic E-state index is 12.7. The van der Waals surface area contributed by atoms with Gasteiger partial charge in [-0.25, -0.2) is 4.79 Å². The average molecular weight is 434 g/mol. The first-order chi connectivity index (χ1) is 14.4. The van der Waals surface area contributed by atoms with Gasteiger partial charge >= 0.3 is 5.97 Å². The number of amides is 2. The molecule has 2 heterocycles. The number of piperazine rings is 1. The fourth-order valence-corrected chi connectivity index (χ4v) is 3.69. The quantitative estimate of drug-likeness (QED) is 0.701. The highest BCUT2D eigenvalue weighted by atomic mass is 35.5. The normalized spacial score (nSPS) is 16.6. The summed E-state index contributed by atoms with van der Waals surface area (Å²) in [6.07, 6.45) is 1.40. The number of esters is 1. The molecule has 2 amide bonds. The molecule has 0 saturated carbocycles. The molecule has 8 nitrogen and oxygen atoms in total. The Morgan fingerprint density at radius 3 is 2.47 bits per heavy atom. The van der Waals surface area contributed by atoms with E-state index in [1.165, 1.54) is 19.4 Å². The minimum Gasteiger partial charge on any atom is -0.468 e. The lowest BCUT2D eigenvalue weighted by Crippen LogP contribution is -2.55. The van der Waals surface area contributed by atoms with Crippen LogP contribution in [0.2, 0.25) is 5.02 Å². The highest BCUT2D eigenvalue weighted by Gasteiger charge is 2.33. The lowest BCUT2D eigenvalue weighted by Gasteiger charge is -2.39. The van der Waals surface area contributed by atoms with E-state index < -0.39 is 18.0 Å². The van der Waals surface area contributed by atoms with Crippen molar-refractivity contribution in [3.8, 4) is 0 Å². The molecule has 1 aromatic carbocycles. The Morgan fingerprint density at radius 1 is 1.13 bits per heavy atom. The molecule has 2 aromatic rings. The smallest absolute Gasteiger partial charge is 0.327 e. The largest absolute Gasteiger partial charge is 0.468 e. The summed E-state index contributed by atoms with van der Waals surface area (Å²) in [5, 5.41) is 3.18. The van der Waals surface area contributed by atoms with E-state index in [4.69, 9.17) is 20.8 Å². The summed E-state index contributed by atoms with van der Waals surface area (Å²) in [4.78, 5) is 40.9. The zero-order valence-electron chi connectivity index (χ0n) is 16.8. The van der Waals surface area contributed by atoms with Crippen molar-refractivity contribution < 1.29 is 23.5 Å². The van der Waals surface area contributed by atoms with E-state index in [-0.39, 0.29) is 17.6 Å². The van der Waals surface area contributed by atoms with Gasteiger partial charge in [-0.15, -0.1) is 0 Å². The first-order valence-electron chi connectivity index (χ1n) is 9.61. The Labute approximate surface area is 179 Å². The molecule has 1 aliphatic heterocycles. The molecule has 3 rings (SSSR count). The molecule has 1 aliphatic rings. The van der Waals surface area contributed by atoms with Gasteiger partial charge in [0.25, 0.3) is 5.91 Å². The number of benzene rings is 1. The number of rotatable bonds is 6. The van der Waals surface area contributed by atoms with Gasteiger partial charge in [0, 0.05) is 31.2 Å². The first kappa shape index (κ1) is 21.9. The molecule has 0 spiro atoms. The fourth-order valence-electron chi connectivity index (χ4n) is 3.50. The van der Waals surface area contributed by atoms with Crippen LogP contribution in [0.25, 0.3) is 0 Å². The summed E-state index contributed by atoms with van der Waals surface area (Å²) in [5.41, 5.74) is 0.744. The van der Waals surface area contributed by atoms with E-state index in [1.54, 1.807) is 36.1 Å². The van der Waals surface area contributed by atoms with Crippen LogP contribution in [0.1, 0.15) is 29.1 Å². The number of hydrogen-bond acceptors (Lipinski definition) is 6. The Kier molecular flexibility index (Phi) is 7.12. The monoisotopic (exact) mass is 433 g/mol. The topological polar surface area (TPSA) is 92.1 Å². The van der Waals surface area contributed by atoms with Gasteiger partial charge in [-0.1, -0.05) is 23.7 Å². The Bertz CT molecular complexity index is 894. The van der Waals surface area contributed by atoms with E-state index >= 15 is 0 Å². The van der Waals surface area contributed by atoms with Gasteiger partial charge in [-0.2, -0.15) is 0 Å². The minimum absolute atomic E-state index is 0.155. The molecule has 1 aromatic heterocycles. The molecule has 0 unspecified atom stereocenters. The standard InChI is InChI=1S/C21H24ClN3O5/c1-14(23-19(26)17-7-4-12-30-17)20(27)25-10-8-24(9-11-25)18(21(28)29-2)15-5-3-6-16(22)13-15/h3-7,12-14,18H,8-11H2,1-2H3,(H,23,26)/t14-,18-/m0/s1. The summed E-state index contributed by atoms with van der Waals surface area (Å²) in [6, 6.07) is 8.96. The fraction of sp³-hybridized carbons (Fsp3) is 0.381. The lowest BCUT2D eigenvalue weighted by atomic mass is 10.0. The molecule has 0 bridgehead atoms. The van der Waals surface area contributed by atoms with Crippen LogP contribution in [0.15, 0.2) is 47.1 Å². The SMILES string of the molecule is COC(=O)[C@H](c1cccc(Cl)c1)N1CCN(C(=O)[C@H](C)NC(=O)c2ccco2)CC1. The van der Waals surface area contributed by atoms with Gasteiger partial charge in [0.2, 0.25) is 5.91 Å². The molecule has 1 fully saturated rings. The first-order valence-corrected chi connectivity index (χ1v) is 9.99. The van der Waals surface area contributed by atoms with Crippen LogP contribution in [-0.4, -0.2) is 66.9 Å². The van der Waals surface area contributed by atoms with Gasteiger partial charge in [-0.3, -0.25) is 14.5 Å². The van der Waals surface area contributed by atoms with Crippen molar-refractivity contribution in [2.75, 3.05) is 33.3 Å². The third-order valence-electron chi connectivity index (χ3n) is 5.04. The lowest BCUT2D eigenvalue weighted by molar-refractivity contribution is -0.148. The van der Waals surface area contributed by atoms with Crippen LogP contribution in [0.3, 0.4) is 0 Å². The van der Waals surface area contributed by atoms with Crippen molar-refractivity contribution in [3.63, 3.8) is 0 Å². The third-order valence-corrected chi connectivity index (χ3v) is 5.28. The van der Waals surface area contributed by atoms with Crippen LogP contribution < -0.4 is 5.32 Å². The van der Waals surface area contributed by atoms with Crippen molar-refractivity contribution in [3.05, 3.63) is 59.0 Å². The molecule has 1 saturated heterocycles. The van der Waals surface area contributed by atoms with Crippen molar-refractivity contribution >= 4 is 29.4 Å². The van der Waals surface area contributed by atoms with Crippen molar-refractivity contribution in [1.29, 1.82) is 0 Å². The molecule has 160 valence electrons. The van der Waals surface area contributed by atoms with Gasteiger partial charge in [0.1, 0.15) is 12.1 Å². The molecule has 0 radical (unpaired) electrons. The predicted octanol–water partition coefficient (Wildman–Crippen LogP) is 2.11. The number of methoxy groups -OCH3 is 1. The number of nitrogens with one attached hydrogen (secondary N) is 1. The highest BCUT2D eigenvalue weighted by molar-refractivity contribution is 6.30. The van der Waals surface area contributed by atoms with E-state index in [0.717, 1.165) is 5.56 Å². The zero-order valence-corrected chi connectivity index (χ0v) is 17.6. The predicted molar refractivity (Wildman–Crippen MR) is 110 cm³/mol. The Morgan fingerprint density at radius 2 is 1.87 bits per heavy atom. The number of hydrogen-bond donors (Lipinski definition) is 1. The molecular formula is C21H24ClN3O5. The Hall–Kier alpha value is -2.84. The number of ether oxygens (including phenoxy) is 1. The highest BCUT2D eigenvalue weighted by Crippen LogP contribution is 2.26. The van der Waals surface area contributed by atoms with E-state index in [2.05, 4.69) is 5.32 Å². The molecule has 30 heavy (non-hydrogen) atoms. The van der Waals surface area contributed by atoms with Crippen LogP contribution in [0, 0.1) is 0 Å². The van der Waals surface area contributed by atoms with Crippen molar-refractivity contribution in [2.24, 2.45) is 0 Å². The maximum absolute atomic E-state index is 12.7. The molecule has 2 atom stereocenters. The van der Waals surface area contributed by atoms with Gasteiger partial charge in [0.15, 0.2) is 5.76 Å². The number of halogens is 1. The third kappa shape index (κ3) is 5.01. The molecular weight excluding hydrogens is 410 g/mol. The van der Waals surface area contributed by atoms with Crippen LogP contribution in [0.4, 0.5) is 0 Å². The number of nitrogens with zero attached hydrogens (tertiary/aromatic N) is 2. The zero-order chi connectivity index (χ0) is 21.7. The van der Waals surface area contributed by atoms with Gasteiger partial charge in [-0.05, 0) is 36.8 Å². The molecule has 9 heteroatoms. The van der Waals surface area contributed by atoms with Crippen LogP contribution >= 0.6 is 11.6 Å². The average Bonchev–Trinajstić information content (AvgIpc) is 3.29. The number of carbonyl (C=O) groups excluding carboxylic acids is 3. The second-order valence-electron chi connectivity index (χ2n) is 7.01. The van der Waals surface area contributed by atoms with Crippen LogP contribution in [-0.2, 0) is 14.3 Å². The molecule has 1 N–H and O–H groups in total. The number of carbonyl (C=O) groups is 3. The maximum Gasteiger partial charge on any atom is 0.327 e. The molecule has 0 aliphatic carbocycles. The van der Waals surface area contributed by atoms with Gasteiger partial charge < -0.3 is 19.4 Å².